The fourth-order valence-corrected chi connectivity index (χ4v) is 1.51. The Bertz CT molecular complexity index is 212. The van der Waals surface area contributed by atoms with Crippen molar-refractivity contribution in [3.05, 3.63) is 22.4 Å². The maximum absolute atomic E-state index is 12.0. The minimum absolute atomic E-state index is 0.373. The first-order chi connectivity index (χ1) is 5.02. The monoisotopic (exact) mass is 180 g/mol. The molecule has 0 saturated carbocycles. The Balaban J connectivity index is 2.78. The summed E-state index contributed by atoms with van der Waals surface area (Å²) < 4.78 is 36.1. The predicted molar refractivity (Wildman–Crippen MR) is 38.8 cm³/mol. The van der Waals surface area contributed by atoms with Crippen molar-refractivity contribution in [3.63, 3.8) is 0 Å². The van der Waals surface area contributed by atoms with Gasteiger partial charge >= 0.3 is 6.18 Å². The molecule has 11 heavy (non-hydrogen) atoms. The largest absolute Gasteiger partial charge is 0.396 e. The Labute approximate surface area is 66.7 Å². The highest BCUT2D eigenvalue weighted by atomic mass is 32.1. The molecule has 0 nitrogen and oxygen atoms in total. The van der Waals surface area contributed by atoms with Crippen LogP contribution in [0.1, 0.15) is 17.7 Å². The quantitative estimate of drug-likeness (QED) is 0.621. The summed E-state index contributed by atoms with van der Waals surface area (Å²) in [7, 11) is 0. The minimum Gasteiger partial charge on any atom is -0.170 e. The van der Waals surface area contributed by atoms with Crippen LogP contribution in [0.15, 0.2) is 17.5 Å². The van der Waals surface area contributed by atoms with Gasteiger partial charge in [-0.2, -0.15) is 13.2 Å². The molecule has 0 spiro atoms. The van der Waals surface area contributed by atoms with Gasteiger partial charge in [0, 0.05) is 4.88 Å². The van der Waals surface area contributed by atoms with Gasteiger partial charge in [0.15, 0.2) is 0 Å². The zero-order chi connectivity index (χ0) is 8.48. The van der Waals surface area contributed by atoms with Crippen LogP contribution >= 0.6 is 11.3 Å². The fraction of sp³-hybridized carbons (Fsp3) is 0.429. The lowest BCUT2D eigenvalue weighted by atomic mass is 10.1. The molecule has 0 aromatic carbocycles. The number of alkyl halides is 3. The molecule has 0 fully saturated rings. The highest BCUT2D eigenvalue weighted by Crippen LogP contribution is 2.36. The van der Waals surface area contributed by atoms with E-state index in [-0.39, 0.29) is 0 Å². The SMILES string of the molecule is CC(c1cccs1)C(F)(F)F. The molecule has 1 atom stereocenters. The maximum Gasteiger partial charge on any atom is 0.396 e. The molecule has 0 aliphatic rings. The van der Waals surface area contributed by atoms with E-state index in [1.165, 1.54) is 13.0 Å². The molecule has 0 N–H and O–H groups in total. The topological polar surface area (TPSA) is 0 Å². The average molecular weight is 180 g/mol. The first-order valence-corrected chi connectivity index (χ1v) is 4.00. The van der Waals surface area contributed by atoms with Gasteiger partial charge < -0.3 is 0 Å². The standard InChI is InChI=1S/C7H7F3S/c1-5(7(8,9)10)6-3-2-4-11-6/h2-5H,1H3. The van der Waals surface area contributed by atoms with E-state index in [4.69, 9.17) is 0 Å². The van der Waals surface area contributed by atoms with Crippen LogP contribution in [0.2, 0.25) is 0 Å². The molecule has 0 saturated heterocycles. The third-order valence-corrected chi connectivity index (χ3v) is 2.52. The van der Waals surface area contributed by atoms with Gasteiger partial charge in [-0.1, -0.05) is 6.07 Å². The van der Waals surface area contributed by atoms with Crippen molar-refractivity contribution in [2.75, 3.05) is 0 Å². The van der Waals surface area contributed by atoms with Crippen LogP contribution in [-0.2, 0) is 0 Å². The van der Waals surface area contributed by atoms with E-state index in [1.807, 2.05) is 0 Å². The second kappa shape index (κ2) is 2.85. The number of thiophene rings is 1. The molecule has 0 amide bonds. The van der Waals surface area contributed by atoms with Crippen LogP contribution in [0, 0.1) is 0 Å². The van der Waals surface area contributed by atoms with Gasteiger partial charge in [-0.05, 0) is 18.4 Å². The van der Waals surface area contributed by atoms with Crippen molar-refractivity contribution in [2.24, 2.45) is 0 Å². The Hall–Kier alpha value is -0.510. The molecule has 4 heteroatoms. The summed E-state index contributed by atoms with van der Waals surface area (Å²) in [5.41, 5.74) is 0. The first-order valence-electron chi connectivity index (χ1n) is 3.12. The van der Waals surface area contributed by atoms with Crippen LogP contribution in [0.25, 0.3) is 0 Å². The van der Waals surface area contributed by atoms with Crippen molar-refractivity contribution in [2.45, 2.75) is 19.0 Å². The summed E-state index contributed by atoms with van der Waals surface area (Å²) in [5.74, 6) is -1.33. The van der Waals surface area contributed by atoms with E-state index in [2.05, 4.69) is 0 Å². The summed E-state index contributed by atoms with van der Waals surface area (Å²) in [6.07, 6.45) is -4.11. The lowest BCUT2D eigenvalue weighted by Crippen LogP contribution is -2.16. The molecule has 1 aromatic rings. The predicted octanol–water partition coefficient (Wildman–Crippen LogP) is 3.41. The summed E-state index contributed by atoms with van der Waals surface area (Å²) in [6, 6.07) is 3.13. The second-order valence-corrected chi connectivity index (χ2v) is 3.26. The highest BCUT2D eigenvalue weighted by Gasteiger charge is 2.37. The molecule has 0 aliphatic carbocycles. The summed E-state index contributed by atoms with van der Waals surface area (Å²) in [5, 5.41) is 1.65. The second-order valence-electron chi connectivity index (χ2n) is 2.28. The molecular formula is C7H7F3S. The Morgan fingerprint density at radius 1 is 1.45 bits per heavy atom. The number of hydrogen-bond acceptors (Lipinski definition) is 1. The first kappa shape index (κ1) is 8.59. The van der Waals surface area contributed by atoms with Crippen LogP contribution in [0.5, 0.6) is 0 Å². The van der Waals surface area contributed by atoms with E-state index in [0.29, 0.717) is 4.88 Å². The van der Waals surface area contributed by atoms with E-state index in [9.17, 15) is 13.2 Å². The Morgan fingerprint density at radius 3 is 2.45 bits per heavy atom. The van der Waals surface area contributed by atoms with Gasteiger partial charge in [-0.3, -0.25) is 0 Å². The van der Waals surface area contributed by atoms with Crippen LogP contribution in [0.3, 0.4) is 0 Å². The van der Waals surface area contributed by atoms with Crippen LogP contribution in [-0.4, -0.2) is 6.18 Å². The molecule has 0 bridgehead atoms. The van der Waals surface area contributed by atoms with Crippen molar-refractivity contribution in [3.8, 4) is 0 Å². The summed E-state index contributed by atoms with van der Waals surface area (Å²) in [6.45, 7) is 1.17. The Kier molecular flexibility index (Phi) is 2.23. The number of halogens is 3. The molecular weight excluding hydrogens is 173 g/mol. The highest BCUT2D eigenvalue weighted by molar-refractivity contribution is 7.10. The van der Waals surface area contributed by atoms with Crippen LogP contribution in [0.4, 0.5) is 13.2 Å². The minimum atomic E-state index is -4.11. The molecule has 1 heterocycles. The molecule has 0 aliphatic heterocycles. The summed E-state index contributed by atoms with van der Waals surface area (Å²) in [4.78, 5) is 0.373. The fourth-order valence-electron chi connectivity index (χ4n) is 0.699. The normalized spacial score (nSPS) is 14.9. The average Bonchev–Trinajstić information content (AvgIpc) is 2.34. The van der Waals surface area contributed by atoms with Crippen molar-refractivity contribution in [1.82, 2.24) is 0 Å². The molecule has 1 aromatic heterocycles. The van der Waals surface area contributed by atoms with Gasteiger partial charge in [0.2, 0.25) is 0 Å². The van der Waals surface area contributed by atoms with E-state index >= 15 is 0 Å². The molecule has 62 valence electrons. The number of hydrogen-bond donors (Lipinski definition) is 0. The van der Waals surface area contributed by atoms with E-state index in [0.717, 1.165) is 11.3 Å². The van der Waals surface area contributed by atoms with Gasteiger partial charge in [0.05, 0.1) is 5.92 Å². The number of rotatable bonds is 1. The molecule has 1 unspecified atom stereocenters. The zero-order valence-corrected chi connectivity index (χ0v) is 6.67. The van der Waals surface area contributed by atoms with Gasteiger partial charge in [0.1, 0.15) is 0 Å². The third-order valence-electron chi connectivity index (χ3n) is 1.46. The van der Waals surface area contributed by atoms with Crippen molar-refractivity contribution in [1.29, 1.82) is 0 Å². The van der Waals surface area contributed by atoms with Gasteiger partial charge in [0.25, 0.3) is 0 Å². The maximum atomic E-state index is 12.0. The smallest absolute Gasteiger partial charge is 0.170 e. The van der Waals surface area contributed by atoms with E-state index < -0.39 is 12.1 Å². The van der Waals surface area contributed by atoms with Crippen molar-refractivity contribution >= 4 is 11.3 Å². The van der Waals surface area contributed by atoms with Gasteiger partial charge in [-0.15, -0.1) is 11.3 Å². The zero-order valence-electron chi connectivity index (χ0n) is 5.85. The third kappa shape index (κ3) is 1.96. The summed E-state index contributed by atoms with van der Waals surface area (Å²) >= 11 is 1.14. The molecule has 0 radical (unpaired) electrons. The van der Waals surface area contributed by atoms with Crippen LogP contribution < -0.4 is 0 Å². The van der Waals surface area contributed by atoms with E-state index in [1.54, 1.807) is 11.4 Å². The molecule has 1 rings (SSSR count). The Morgan fingerprint density at radius 2 is 2.09 bits per heavy atom. The van der Waals surface area contributed by atoms with Gasteiger partial charge in [-0.25, -0.2) is 0 Å². The lowest BCUT2D eigenvalue weighted by Gasteiger charge is -2.12. The lowest BCUT2D eigenvalue weighted by molar-refractivity contribution is -0.145. The van der Waals surface area contributed by atoms with Crippen molar-refractivity contribution < 1.29 is 13.2 Å².